The molecule has 0 bridgehead atoms. The van der Waals surface area contributed by atoms with E-state index >= 15 is 0 Å². The first-order valence-corrected chi connectivity index (χ1v) is 5.22. The van der Waals surface area contributed by atoms with Crippen molar-refractivity contribution >= 4 is 23.8 Å². The summed E-state index contributed by atoms with van der Waals surface area (Å²) in [5, 5.41) is 14.7. The van der Waals surface area contributed by atoms with Crippen LogP contribution in [0.3, 0.4) is 0 Å². The summed E-state index contributed by atoms with van der Waals surface area (Å²) in [5.74, 6) is -2.56. The molecule has 0 radical (unpaired) electrons. The second-order valence-corrected chi connectivity index (χ2v) is 3.19. The lowest BCUT2D eigenvalue weighted by atomic mass is 10.4. The van der Waals surface area contributed by atoms with Gasteiger partial charge in [-0.25, -0.2) is 9.59 Å². The van der Waals surface area contributed by atoms with Crippen LogP contribution in [0.2, 0.25) is 0 Å². The van der Waals surface area contributed by atoms with Gasteiger partial charge in [0.2, 0.25) is 5.91 Å². The predicted octanol–water partition coefficient (Wildman–Crippen LogP) is -1.02. The quantitative estimate of drug-likeness (QED) is 0.453. The first-order valence-electron chi connectivity index (χ1n) is 5.22. The molecule has 0 aliphatic heterocycles. The minimum Gasteiger partial charge on any atom is -0.478 e. The SMILES string of the molecule is CCCNC(=O)CNC(=O)NC(=O)/C=C/C(=O)O. The minimum absolute atomic E-state index is 0.262. The number of hydrogen-bond donors (Lipinski definition) is 4. The van der Waals surface area contributed by atoms with E-state index in [9.17, 15) is 19.2 Å². The summed E-state index contributed by atoms with van der Waals surface area (Å²) >= 11 is 0. The van der Waals surface area contributed by atoms with Gasteiger partial charge in [-0.15, -0.1) is 0 Å². The molecule has 0 fully saturated rings. The fourth-order valence-electron chi connectivity index (χ4n) is 0.832. The maximum Gasteiger partial charge on any atom is 0.328 e. The van der Waals surface area contributed by atoms with Crippen LogP contribution in [0.15, 0.2) is 12.2 Å². The molecular weight excluding hydrogens is 242 g/mol. The topological polar surface area (TPSA) is 125 Å². The summed E-state index contributed by atoms with van der Waals surface area (Å²) < 4.78 is 0. The molecule has 0 aliphatic carbocycles. The van der Waals surface area contributed by atoms with Gasteiger partial charge < -0.3 is 15.7 Å². The fourth-order valence-corrected chi connectivity index (χ4v) is 0.832. The zero-order valence-electron chi connectivity index (χ0n) is 9.86. The van der Waals surface area contributed by atoms with Gasteiger partial charge in [-0.1, -0.05) is 6.92 Å². The van der Waals surface area contributed by atoms with E-state index in [4.69, 9.17) is 5.11 Å². The molecule has 100 valence electrons. The largest absolute Gasteiger partial charge is 0.478 e. The van der Waals surface area contributed by atoms with E-state index in [1.54, 1.807) is 0 Å². The van der Waals surface area contributed by atoms with E-state index in [1.807, 2.05) is 12.2 Å². The van der Waals surface area contributed by atoms with Crippen LogP contribution in [-0.4, -0.2) is 42.0 Å². The molecule has 0 saturated heterocycles. The van der Waals surface area contributed by atoms with Gasteiger partial charge in [-0.2, -0.15) is 0 Å². The number of hydrogen-bond acceptors (Lipinski definition) is 4. The van der Waals surface area contributed by atoms with Crippen LogP contribution in [0, 0.1) is 0 Å². The first kappa shape index (κ1) is 15.6. The highest BCUT2D eigenvalue weighted by Crippen LogP contribution is 1.76. The van der Waals surface area contributed by atoms with Crippen LogP contribution in [-0.2, 0) is 14.4 Å². The molecule has 0 aromatic carbocycles. The van der Waals surface area contributed by atoms with E-state index in [2.05, 4.69) is 10.6 Å². The number of urea groups is 1. The third-order valence-electron chi connectivity index (χ3n) is 1.60. The van der Waals surface area contributed by atoms with Gasteiger partial charge in [0.1, 0.15) is 0 Å². The van der Waals surface area contributed by atoms with Gasteiger partial charge in [0.15, 0.2) is 0 Å². The van der Waals surface area contributed by atoms with Crippen molar-refractivity contribution < 1.29 is 24.3 Å². The van der Waals surface area contributed by atoms with E-state index in [-0.39, 0.29) is 12.5 Å². The molecule has 8 heteroatoms. The number of carboxylic acids is 1. The molecule has 0 heterocycles. The summed E-state index contributed by atoms with van der Waals surface area (Å²) in [5.41, 5.74) is 0. The zero-order valence-corrected chi connectivity index (χ0v) is 9.86. The number of imide groups is 1. The van der Waals surface area contributed by atoms with Crippen molar-refractivity contribution in [3.05, 3.63) is 12.2 Å². The minimum atomic E-state index is -1.30. The lowest BCUT2D eigenvalue weighted by Gasteiger charge is -2.05. The maximum atomic E-state index is 11.1. The van der Waals surface area contributed by atoms with Crippen LogP contribution in [0.1, 0.15) is 13.3 Å². The number of aliphatic carboxylic acids is 1. The van der Waals surface area contributed by atoms with Crippen LogP contribution in [0.25, 0.3) is 0 Å². The first-order chi connectivity index (χ1) is 8.45. The van der Waals surface area contributed by atoms with Gasteiger partial charge >= 0.3 is 12.0 Å². The molecule has 0 saturated carbocycles. The maximum absolute atomic E-state index is 11.1. The molecule has 0 aromatic heterocycles. The molecule has 0 spiro atoms. The Hall–Kier alpha value is -2.38. The van der Waals surface area contributed by atoms with Gasteiger partial charge in [-0.3, -0.25) is 14.9 Å². The molecular formula is C10H15N3O5. The molecule has 8 nitrogen and oxygen atoms in total. The normalized spacial score (nSPS) is 9.83. The second-order valence-electron chi connectivity index (χ2n) is 3.19. The average molecular weight is 257 g/mol. The van der Waals surface area contributed by atoms with Crippen molar-refractivity contribution in [2.75, 3.05) is 13.1 Å². The van der Waals surface area contributed by atoms with E-state index in [0.29, 0.717) is 18.7 Å². The van der Waals surface area contributed by atoms with Crippen molar-refractivity contribution in [1.29, 1.82) is 0 Å². The Bertz CT molecular complexity index is 365. The number of carboxylic acid groups (broad SMARTS) is 1. The van der Waals surface area contributed by atoms with Crippen molar-refractivity contribution in [3.63, 3.8) is 0 Å². The predicted molar refractivity (Wildman–Crippen MR) is 61.6 cm³/mol. The molecule has 0 aromatic rings. The van der Waals surface area contributed by atoms with Gasteiger partial charge in [-0.05, 0) is 6.42 Å². The molecule has 4 amide bonds. The summed E-state index contributed by atoms with van der Waals surface area (Å²) in [6.45, 7) is 2.12. The van der Waals surface area contributed by atoms with Crippen LogP contribution < -0.4 is 16.0 Å². The third-order valence-corrected chi connectivity index (χ3v) is 1.60. The highest BCUT2D eigenvalue weighted by molar-refractivity contribution is 6.03. The monoisotopic (exact) mass is 257 g/mol. The Labute approximate surface area is 103 Å². The Kier molecular flexibility index (Phi) is 7.58. The van der Waals surface area contributed by atoms with Crippen LogP contribution in [0.4, 0.5) is 4.79 Å². The third kappa shape index (κ3) is 8.89. The summed E-state index contributed by atoms with van der Waals surface area (Å²) in [4.78, 5) is 43.2. The standard InChI is InChI=1S/C10H15N3O5/c1-2-5-11-8(15)6-12-10(18)13-7(14)3-4-9(16)17/h3-4H,2,5-6H2,1H3,(H,11,15)(H,16,17)(H2,12,13,14,18)/b4-3+. The molecule has 4 N–H and O–H groups in total. The second kappa shape index (κ2) is 8.74. The van der Waals surface area contributed by atoms with Gasteiger partial charge in [0, 0.05) is 18.7 Å². The lowest BCUT2D eigenvalue weighted by Crippen LogP contribution is -2.43. The van der Waals surface area contributed by atoms with Crippen molar-refractivity contribution in [1.82, 2.24) is 16.0 Å². The molecule has 0 unspecified atom stereocenters. The lowest BCUT2D eigenvalue weighted by molar-refractivity contribution is -0.131. The Balaban J connectivity index is 3.87. The van der Waals surface area contributed by atoms with Gasteiger partial charge in [0.05, 0.1) is 6.54 Å². The van der Waals surface area contributed by atoms with Crippen molar-refractivity contribution in [2.45, 2.75) is 13.3 Å². The van der Waals surface area contributed by atoms with E-state index in [0.717, 1.165) is 6.42 Å². The smallest absolute Gasteiger partial charge is 0.328 e. The molecule has 18 heavy (non-hydrogen) atoms. The summed E-state index contributed by atoms with van der Waals surface area (Å²) in [6.07, 6.45) is 2.06. The number of rotatable bonds is 6. The Morgan fingerprint density at radius 3 is 2.33 bits per heavy atom. The average Bonchev–Trinajstić information content (AvgIpc) is 2.31. The summed E-state index contributed by atoms with van der Waals surface area (Å²) in [6, 6.07) is -0.873. The molecule has 0 aliphatic rings. The van der Waals surface area contributed by atoms with E-state index < -0.39 is 17.9 Å². The molecule has 0 rings (SSSR count). The summed E-state index contributed by atoms with van der Waals surface area (Å²) in [7, 11) is 0. The number of carbonyl (C=O) groups excluding carboxylic acids is 3. The van der Waals surface area contributed by atoms with Crippen molar-refractivity contribution in [2.24, 2.45) is 0 Å². The highest BCUT2D eigenvalue weighted by Gasteiger charge is 2.06. The fraction of sp³-hybridized carbons (Fsp3) is 0.400. The Morgan fingerprint density at radius 2 is 1.78 bits per heavy atom. The number of nitrogens with one attached hydrogen (secondary N) is 3. The van der Waals surface area contributed by atoms with Crippen LogP contribution >= 0.6 is 0 Å². The van der Waals surface area contributed by atoms with Gasteiger partial charge in [0.25, 0.3) is 5.91 Å². The highest BCUT2D eigenvalue weighted by atomic mass is 16.4. The van der Waals surface area contributed by atoms with Crippen LogP contribution in [0.5, 0.6) is 0 Å². The Morgan fingerprint density at radius 1 is 1.11 bits per heavy atom. The molecule has 0 atom stereocenters. The van der Waals surface area contributed by atoms with Crippen molar-refractivity contribution in [3.8, 4) is 0 Å². The number of amides is 4. The van der Waals surface area contributed by atoms with E-state index in [1.165, 1.54) is 0 Å². The number of carbonyl (C=O) groups is 4. The zero-order chi connectivity index (χ0) is 14.0.